The average molecular weight is 312 g/mol. The number of aliphatic hydroxyl groups is 1. The Morgan fingerprint density at radius 1 is 1.30 bits per heavy atom. The van der Waals surface area contributed by atoms with Crippen LogP contribution < -0.4 is 5.32 Å². The van der Waals surface area contributed by atoms with Crippen LogP contribution in [0, 0.1) is 19.8 Å². The molecule has 1 aliphatic carbocycles. The Morgan fingerprint density at radius 3 is 2.70 bits per heavy atom. The molecule has 1 fully saturated rings. The SMILES string of the molecule is Cc1cc(C(=O)NC(c2ccccn2)C2CC(O)C2)nc(C)n1. The Balaban J connectivity index is 1.82. The second-order valence-corrected chi connectivity index (χ2v) is 6.03. The van der Waals surface area contributed by atoms with Gasteiger partial charge >= 0.3 is 0 Å². The Kier molecular flexibility index (Phi) is 4.34. The van der Waals surface area contributed by atoms with Crippen molar-refractivity contribution in [2.24, 2.45) is 5.92 Å². The second-order valence-electron chi connectivity index (χ2n) is 6.03. The van der Waals surface area contributed by atoms with Crippen LogP contribution in [0.3, 0.4) is 0 Å². The zero-order valence-electron chi connectivity index (χ0n) is 13.2. The monoisotopic (exact) mass is 312 g/mol. The number of carbonyl (C=O) groups is 1. The lowest BCUT2D eigenvalue weighted by molar-refractivity contribution is 0.0227. The number of aryl methyl sites for hydroxylation is 2. The molecule has 2 aromatic heterocycles. The lowest BCUT2D eigenvalue weighted by atomic mass is 9.76. The van der Waals surface area contributed by atoms with E-state index in [0.29, 0.717) is 24.4 Å². The molecule has 2 heterocycles. The largest absolute Gasteiger partial charge is 0.393 e. The molecule has 0 saturated heterocycles. The van der Waals surface area contributed by atoms with Crippen molar-refractivity contribution < 1.29 is 9.90 Å². The van der Waals surface area contributed by atoms with Gasteiger partial charge in [-0.1, -0.05) is 6.07 Å². The highest BCUT2D eigenvalue weighted by Gasteiger charge is 2.36. The molecule has 1 saturated carbocycles. The maximum atomic E-state index is 12.6. The first-order valence-corrected chi connectivity index (χ1v) is 7.75. The summed E-state index contributed by atoms with van der Waals surface area (Å²) in [6.07, 6.45) is 2.77. The van der Waals surface area contributed by atoms with E-state index in [0.717, 1.165) is 11.4 Å². The predicted molar refractivity (Wildman–Crippen MR) is 84.7 cm³/mol. The molecule has 120 valence electrons. The van der Waals surface area contributed by atoms with Crippen LogP contribution in [0.4, 0.5) is 0 Å². The molecule has 3 rings (SSSR count). The van der Waals surface area contributed by atoms with Gasteiger partial charge in [-0.25, -0.2) is 9.97 Å². The summed E-state index contributed by atoms with van der Waals surface area (Å²) in [4.78, 5) is 25.3. The van der Waals surface area contributed by atoms with E-state index >= 15 is 0 Å². The number of pyridine rings is 1. The highest BCUT2D eigenvalue weighted by molar-refractivity contribution is 5.92. The van der Waals surface area contributed by atoms with Gasteiger partial charge in [0.25, 0.3) is 5.91 Å². The van der Waals surface area contributed by atoms with Gasteiger partial charge in [0.15, 0.2) is 0 Å². The summed E-state index contributed by atoms with van der Waals surface area (Å²) in [7, 11) is 0. The van der Waals surface area contributed by atoms with Crippen LogP contribution in [0.15, 0.2) is 30.5 Å². The molecule has 2 N–H and O–H groups in total. The van der Waals surface area contributed by atoms with Crippen molar-refractivity contribution in [1.82, 2.24) is 20.3 Å². The molecule has 23 heavy (non-hydrogen) atoms. The Labute approximate surface area is 135 Å². The van der Waals surface area contributed by atoms with Gasteiger partial charge in [0.2, 0.25) is 0 Å². The van der Waals surface area contributed by atoms with Crippen LogP contribution >= 0.6 is 0 Å². The van der Waals surface area contributed by atoms with Crippen molar-refractivity contribution in [1.29, 1.82) is 0 Å². The minimum atomic E-state index is -0.286. The van der Waals surface area contributed by atoms with Gasteiger partial charge in [-0.05, 0) is 50.8 Å². The van der Waals surface area contributed by atoms with Crippen molar-refractivity contribution in [3.63, 3.8) is 0 Å². The summed E-state index contributed by atoms with van der Waals surface area (Å²) in [5.74, 6) is 0.520. The Hall–Kier alpha value is -2.34. The molecule has 0 aromatic carbocycles. The molecule has 0 bridgehead atoms. The van der Waals surface area contributed by atoms with Crippen LogP contribution in [0.5, 0.6) is 0 Å². The lowest BCUT2D eigenvalue weighted by Crippen LogP contribution is -2.42. The van der Waals surface area contributed by atoms with Crippen LogP contribution in [0.25, 0.3) is 0 Å². The van der Waals surface area contributed by atoms with Crippen molar-refractivity contribution in [3.05, 3.63) is 53.4 Å². The number of rotatable bonds is 4. The number of aliphatic hydroxyl groups excluding tert-OH is 1. The maximum absolute atomic E-state index is 12.6. The van der Waals surface area contributed by atoms with Crippen molar-refractivity contribution in [3.8, 4) is 0 Å². The number of carbonyl (C=O) groups excluding carboxylic acids is 1. The minimum Gasteiger partial charge on any atom is -0.393 e. The first-order chi connectivity index (χ1) is 11.0. The zero-order chi connectivity index (χ0) is 16.4. The molecule has 0 spiro atoms. The first kappa shape index (κ1) is 15.6. The summed E-state index contributed by atoms with van der Waals surface area (Å²) in [5.41, 5.74) is 1.92. The van der Waals surface area contributed by atoms with Crippen molar-refractivity contribution in [2.75, 3.05) is 0 Å². The summed E-state index contributed by atoms with van der Waals surface area (Å²) in [5, 5.41) is 12.6. The van der Waals surface area contributed by atoms with E-state index in [-0.39, 0.29) is 24.0 Å². The normalized spacial score (nSPS) is 21.3. The smallest absolute Gasteiger partial charge is 0.270 e. The Bertz CT molecular complexity index is 679. The van der Waals surface area contributed by atoms with Gasteiger partial charge in [-0.3, -0.25) is 9.78 Å². The van der Waals surface area contributed by atoms with Crippen LogP contribution in [0.1, 0.15) is 46.6 Å². The molecule has 6 heteroatoms. The number of nitrogens with zero attached hydrogens (tertiary/aromatic N) is 3. The van der Waals surface area contributed by atoms with Crippen molar-refractivity contribution >= 4 is 5.91 Å². The van der Waals surface area contributed by atoms with E-state index in [1.165, 1.54) is 0 Å². The number of aromatic nitrogens is 3. The van der Waals surface area contributed by atoms with E-state index in [2.05, 4.69) is 20.3 Å². The molecule has 1 atom stereocenters. The van der Waals surface area contributed by atoms with Gasteiger partial charge in [-0.15, -0.1) is 0 Å². The third-order valence-electron chi connectivity index (χ3n) is 4.11. The molecule has 2 aromatic rings. The van der Waals surface area contributed by atoms with E-state index in [4.69, 9.17) is 0 Å². The molecule has 1 unspecified atom stereocenters. The molecule has 0 aliphatic heterocycles. The highest BCUT2D eigenvalue weighted by Crippen LogP contribution is 2.37. The maximum Gasteiger partial charge on any atom is 0.270 e. The number of hydrogen-bond acceptors (Lipinski definition) is 5. The van der Waals surface area contributed by atoms with E-state index in [1.54, 1.807) is 19.2 Å². The standard InChI is InChI=1S/C17H20N4O2/c1-10-7-15(20-11(2)19-10)17(23)21-16(12-8-13(22)9-12)14-5-3-4-6-18-14/h3-7,12-13,16,22H,8-9H2,1-2H3,(H,21,23). The van der Waals surface area contributed by atoms with Gasteiger partial charge < -0.3 is 10.4 Å². The number of amides is 1. The molecule has 0 radical (unpaired) electrons. The first-order valence-electron chi connectivity index (χ1n) is 7.75. The highest BCUT2D eigenvalue weighted by atomic mass is 16.3. The molecule has 1 amide bonds. The van der Waals surface area contributed by atoms with Crippen molar-refractivity contribution in [2.45, 2.75) is 38.8 Å². The Morgan fingerprint density at radius 2 is 2.09 bits per heavy atom. The molecular weight excluding hydrogens is 292 g/mol. The summed E-state index contributed by atoms with van der Waals surface area (Å²) < 4.78 is 0. The quantitative estimate of drug-likeness (QED) is 0.897. The summed E-state index contributed by atoms with van der Waals surface area (Å²) in [6.45, 7) is 3.60. The molecular formula is C17H20N4O2. The fourth-order valence-corrected chi connectivity index (χ4v) is 2.94. The second kappa shape index (κ2) is 6.42. The van der Waals surface area contributed by atoms with Gasteiger partial charge in [0.05, 0.1) is 17.8 Å². The zero-order valence-corrected chi connectivity index (χ0v) is 13.2. The van der Waals surface area contributed by atoms with Crippen LogP contribution in [-0.4, -0.2) is 32.1 Å². The predicted octanol–water partition coefficient (Wildman–Crippen LogP) is 1.73. The van der Waals surface area contributed by atoms with Gasteiger partial charge in [0.1, 0.15) is 11.5 Å². The fourth-order valence-electron chi connectivity index (χ4n) is 2.94. The van der Waals surface area contributed by atoms with E-state index in [9.17, 15) is 9.90 Å². The minimum absolute atomic E-state index is 0.188. The molecule has 1 aliphatic rings. The van der Waals surface area contributed by atoms with Crippen LogP contribution in [0.2, 0.25) is 0 Å². The summed E-state index contributed by atoms with van der Waals surface area (Å²) >= 11 is 0. The third-order valence-corrected chi connectivity index (χ3v) is 4.11. The summed E-state index contributed by atoms with van der Waals surface area (Å²) in [6, 6.07) is 7.09. The van der Waals surface area contributed by atoms with Crippen LogP contribution in [-0.2, 0) is 0 Å². The average Bonchev–Trinajstić information content (AvgIpc) is 2.49. The fraction of sp³-hybridized carbons (Fsp3) is 0.412. The lowest BCUT2D eigenvalue weighted by Gasteiger charge is -2.37. The molecule has 6 nitrogen and oxygen atoms in total. The number of hydrogen-bond donors (Lipinski definition) is 2. The van der Waals surface area contributed by atoms with Gasteiger partial charge in [-0.2, -0.15) is 0 Å². The van der Waals surface area contributed by atoms with E-state index < -0.39 is 0 Å². The topological polar surface area (TPSA) is 88.0 Å². The van der Waals surface area contributed by atoms with Gasteiger partial charge in [0, 0.05) is 11.9 Å². The number of nitrogens with one attached hydrogen (secondary N) is 1. The third kappa shape index (κ3) is 3.53. The van der Waals surface area contributed by atoms with E-state index in [1.807, 2.05) is 25.1 Å².